The van der Waals surface area contributed by atoms with Crippen molar-refractivity contribution in [3.8, 4) is 0 Å². The van der Waals surface area contributed by atoms with Crippen molar-refractivity contribution in [2.75, 3.05) is 0 Å². The van der Waals surface area contributed by atoms with Crippen LogP contribution < -0.4 is 0 Å². The van der Waals surface area contributed by atoms with Gasteiger partial charge in [-0.3, -0.25) is 9.59 Å². The molecule has 0 aliphatic heterocycles. The number of fused-ring (bicyclic) bond motifs is 7. The van der Waals surface area contributed by atoms with Crippen LogP contribution in [0.1, 0.15) is 85.5 Å². The molecule has 0 aromatic heterocycles. The SMILES string of the molecule is CC12CCC(C(=O)O)CC1C1=CC(=O)C3C(CCC4C(C)(C)C(O)CCC34C)C1CC2. The van der Waals surface area contributed by atoms with E-state index in [-0.39, 0.29) is 40.1 Å². The molecule has 0 radical (unpaired) electrons. The number of allylic oxidation sites excluding steroid dienone is 2. The second-order valence-electron chi connectivity index (χ2n) is 12.9. The summed E-state index contributed by atoms with van der Waals surface area (Å²) in [6, 6.07) is 0. The maximum atomic E-state index is 13.8. The number of aliphatic hydroxyl groups is 1. The lowest BCUT2D eigenvalue weighted by atomic mass is 9.41. The number of carboxylic acids is 1. The van der Waals surface area contributed by atoms with E-state index in [1.165, 1.54) is 5.57 Å². The molecule has 4 heteroatoms. The van der Waals surface area contributed by atoms with Crippen molar-refractivity contribution in [1.82, 2.24) is 0 Å². The van der Waals surface area contributed by atoms with E-state index in [4.69, 9.17) is 0 Å². The minimum atomic E-state index is -0.666. The summed E-state index contributed by atoms with van der Waals surface area (Å²) in [7, 11) is 0. The zero-order chi connectivity index (χ0) is 22.3. The van der Waals surface area contributed by atoms with Crippen LogP contribution in [0, 0.1) is 51.8 Å². The molecule has 4 saturated carbocycles. The normalized spacial score (nSPS) is 50.9. The van der Waals surface area contributed by atoms with Crippen LogP contribution >= 0.6 is 0 Å². The van der Waals surface area contributed by atoms with E-state index in [2.05, 4.69) is 27.7 Å². The molecule has 5 aliphatic carbocycles. The molecule has 4 fully saturated rings. The van der Waals surface area contributed by atoms with Crippen LogP contribution in [0.3, 0.4) is 0 Å². The van der Waals surface area contributed by atoms with E-state index in [0.717, 1.165) is 51.4 Å². The van der Waals surface area contributed by atoms with Crippen LogP contribution in [0.5, 0.6) is 0 Å². The van der Waals surface area contributed by atoms with E-state index >= 15 is 0 Å². The largest absolute Gasteiger partial charge is 0.481 e. The highest BCUT2D eigenvalue weighted by molar-refractivity contribution is 5.94. The molecule has 0 aromatic carbocycles. The maximum absolute atomic E-state index is 13.8. The highest BCUT2D eigenvalue weighted by Crippen LogP contribution is 2.66. The van der Waals surface area contributed by atoms with Gasteiger partial charge in [0, 0.05) is 5.92 Å². The highest BCUT2D eigenvalue weighted by atomic mass is 16.4. The van der Waals surface area contributed by atoms with Crippen LogP contribution in [0.2, 0.25) is 0 Å². The van der Waals surface area contributed by atoms with Gasteiger partial charge in [-0.2, -0.15) is 0 Å². The van der Waals surface area contributed by atoms with Gasteiger partial charge in [0.05, 0.1) is 12.0 Å². The second kappa shape index (κ2) is 6.92. The van der Waals surface area contributed by atoms with Gasteiger partial charge in [0.2, 0.25) is 0 Å². The number of aliphatic hydroxyl groups excluding tert-OH is 1. The van der Waals surface area contributed by atoms with Crippen molar-refractivity contribution in [3.05, 3.63) is 11.6 Å². The van der Waals surface area contributed by atoms with Crippen LogP contribution in [0.25, 0.3) is 0 Å². The van der Waals surface area contributed by atoms with Gasteiger partial charge in [0.25, 0.3) is 0 Å². The Hall–Kier alpha value is -1.16. The first-order chi connectivity index (χ1) is 14.5. The quantitative estimate of drug-likeness (QED) is 0.599. The summed E-state index contributed by atoms with van der Waals surface area (Å²) in [6.45, 7) is 9.09. The summed E-state index contributed by atoms with van der Waals surface area (Å²) >= 11 is 0. The Balaban J connectivity index is 1.51. The van der Waals surface area contributed by atoms with Gasteiger partial charge in [0.1, 0.15) is 0 Å². The third-order valence-corrected chi connectivity index (χ3v) is 11.2. The third-order valence-electron chi connectivity index (χ3n) is 11.2. The first-order valence-electron chi connectivity index (χ1n) is 12.7. The Morgan fingerprint density at radius 2 is 1.71 bits per heavy atom. The zero-order valence-corrected chi connectivity index (χ0v) is 19.7. The average molecular weight is 429 g/mol. The zero-order valence-electron chi connectivity index (χ0n) is 19.7. The summed E-state index contributed by atoms with van der Waals surface area (Å²) in [5.74, 6) is 0.910. The molecular formula is C27H40O4. The molecule has 5 aliphatic rings. The molecular weight excluding hydrogens is 388 g/mol. The minimum absolute atomic E-state index is 0.0400. The molecule has 9 unspecified atom stereocenters. The van der Waals surface area contributed by atoms with Crippen LogP contribution in [0.4, 0.5) is 0 Å². The van der Waals surface area contributed by atoms with Crippen LogP contribution in [-0.2, 0) is 9.59 Å². The molecule has 2 N–H and O–H groups in total. The molecule has 0 heterocycles. The van der Waals surface area contributed by atoms with Crippen molar-refractivity contribution in [2.45, 2.75) is 91.6 Å². The number of carboxylic acid groups (broad SMARTS) is 1. The van der Waals surface area contributed by atoms with E-state index < -0.39 is 5.97 Å². The molecule has 0 spiro atoms. The lowest BCUT2D eigenvalue weighted by molar-refractivity contribution is -0.168. The number of hydrogen-bond acceptors (Lipinski definition) is 3. The van der Waals surface area contributed by atoms with Gasteiger partial charge in [0.15, 0.2) is 5.78 Å². The van der Waals surface area contributed by atoms with E-state index in [9.17, 15) is 19.8 Å². The molecule has 0 aromatic rings. The molecule has 4 nitrogen and oxygen atoms in total. The lowest BCUT2D eigenvalue weighted by Gasteiger charge is -2.63. The number of aliphatic carboxylic acids is 1. The molecule has 0 bridgehead atoms. The smallest absolute Gasteiger partial charge is 0.306 e. The van der Waals surface area contributed by atoms with E-state index in [1.807, 2.05) is 6.08 Å². The number of carbonyl (C=O) groups is 2. The standard InChI is InChI=1S/C27H40O4/c1-25(2)21-6-5-17-16-8-11-26(3)10-7-15(24(30)31)13-19(26)18(16)14-20(28)23(17)27(21,4)12-9-22(25)29/h14-17,19,21-23,29H,5-13H2,1-4H3,(H,30,31). The first-order valence-corrected chi connectivity index (χ1v) is 12.7. The van der Waals surface area contributed by atoms with Gasteiger partial charge in [-0.1, -0.05) is 33.3 Å². The molecule has 0 amide bonds. The fraction of sp³-hybridized carbons (Fsp3) is 0.852. The Morgan fingerprint density at radius 1 is 1.00 bits per heavy atom. The van der Waals surface area contributed by atoms with Crippen molar-refractivity contribution < 1.29 is 19.8 Å². The number of hydrogen-bond donors (Lipinski definition) is 2. The van der Waals surface area contributed by atoms with E-state index in [1.54, 1.807) is 0 Å². The Kier molecular flexibility index (Phi) is 4.84. The highest BCUT2D eigenvalue weighted by Gasteiger charge is 2.62. The van der Waals surface area contributed by atoms with Gasteiger partial charge < -0.3 is 10.2 Å². The van der Waals surface area contributed by atoms with Crippen LogP contribution in [-0.4, -0.2) is 28.1 Å². The Labute approximate surface area is 186 Å². The van der Waals surface area contributed by atoms with Gasteiger partial charge in [-0.25, -0.2) is 0 Å². The molecule has 31 heavy (non-hydrogen) atoms. The summed E-state index contributed by atoms with van der Waals surface area (Å²) in [4.78, 5) is 25.5. The molecule has 0 saturated heterocycles. The average Bonchev–Trinajstić information content (AvgIpc) is 2.70. The van der Waals surface area contributed by atoms with Gasteiger partial charge >= 0.3 is 5.97 Å². The second-order valence-corrected chi connectivity index (χ2v) is 12.9. The van der Waals surface area contributed by atoms with Crippen molar-refractivity contribution in [1.29, 1.82) is 0 Å². The predicted molar refractivity (Wildman–Crippen MR) is 119 cm³/mol. The fourth-order valence-electron chi connectivity index (χ4n) is 9.39. The Bertz CT molecular complexity index is 827. The first kappa shape index (κ1) is 21.7. The summed E-state index contributed by atoms with van der Waals surface area (Å²) in [6.07, 6.45) is 10.4. The molecule has 9 atom stereocenters. The van der Waals surface area contributed by atoms with Crippen molar-refractivity contribution in [2.24, 2.45) is 51.8 Å². The van der Waals surface area contributed by atoms with Crippen molar-refractivity contribution in [3.63, 3.8) is 0 Å². The van der Waals surface area contributed by atoms with Crippen LogP contribution in [0.15, 0.2) is 11.6 Å². The number of carbonyl (C=O) groups excluding carboxylic acids is 1. The van der Waals surface area contributed by atoms with E-state index in [0.29, 0.717) is 30.0 Å². The topological polar surface area (TPSA) is 74.6 Å². The Morgan fingerprint density at radius 3 is 2.42 bits per heavy atom. The molecule has 5 rings (SSSR count). The summed E-state index contributed by atoms with van der Waals surface area (Å²) in [5.41, 5.74) is 1.27. The van der Waals surface area contributed by atoms with Crippen molar-refractivity contribution >= 4 is 11.8 Å². The lowest BCUT2D eigenvalue weighted by Crippen LogP contribution is -2.60. The number of rotatable bonds is 1. The monoisotopic (exact) mass is 428 g/mol. The minimum Gasteiger partial charge on any atom is -0.481 e. The summed E-state index contributed by atoms with van der Waals surface area (Å²) in [5, 5.41) is 20.4. The maximum Gasteiger partial charge on any atom is 0.306 e. The fourth-order valence-corrected chi connectivity index (χ4v) is 9.39. The van der Waals surface area contributed by atoms with Gasteiger partial charge in [-0.15, -0.1) is 0 Å². The predicted octanol–water partition coefficient (Wildman–Crippen LogP) is 5.24. The number of ketones is 1. The molecule has 172 valence electrons. The van der Waals surface area contributed by atoms with Gasteiger partial charge in [-0.05, 0) is 104 Å². The summed E-state index contributed by atoms with van der Waals surface area (Å²) < 4.78 is 0. The third kappa shape index (κ3) is 2.96.